The molecule has 2 heterocycles. The van der Waals surface area contributed by atoms with E-state index < -0.39 is 30.0 Å². The van der Waals surface area contributed by atoms with Crippen LogP contribution >= 0.6 is 11.6 Å². The van der Waals surface area contributed by atoms with Gasteiger partial charge in [-0.25, -0.2) is 4.39 Å². The lowest BCUT2D eigenvalue weighted by Crippen LogP contribution is -2.61. The molecule has 0 bridgehead atoms. The Balaban J connectivity index is 1.76. The largest absolute Gasteiger partial charge is 0.393 e. The molecule has 2 fully saturated rings. The van der Waals surface area contributed by atoms with E-state index in [9.17, 15) is 22.4 Å². The molecular formula is C17H20ClF4N3O. The van der Waals surface area contributed by atoms with Gasteiger partial charge in [-0.3, -0.25) is 4.79 Å². The zero-order valence-electron chi connectivity index (χ0n) is 14.0. The van der Waals surface area contributed by atoms with Gasteiger partial charge in [0, 0.05) is 23.8 Å². The second kappa shape index (κ2) is 7.60. The minimum absolute atomic E-state index is 0.0461. The topological polar surface area (TPSA) is 44.4 Å². The van der Waals surface area contributed by atoms with Crippen molar-refractivity contribution in [2.45, 2.75) is 37.5 Å². The van der Waals surface area contributed by atoms with Crippen molar-refractivity contribution in [3.8, 4) is 0 Å². The third-order valence-electron chi connectivity index (χ3n) is 4.95. The lowest BCUT2D eigenvalue weighted by Gasteiger charge is -2.44. The van der Waals surface area contributed by atoms with Crippen molar-refractivity contribution in [3.63, 3.8) is 0 Å². The number of nitrogens with one attached hydrogen (secondary N) is 2. The average Bonchev–Trinajstić information content (AvgIpc) is 2.55. The van der Waals surface area contributed by atoms with E-state index >= 15 is 0 Å². The monoisotopic (exact) mass is 393 g/mol. The smallest absolute Gasteiger partial charge is 0.374 e. The summed E-state index contributed by atoms with van der Waals surface area (Å²) in [5.41, 5.74) is 0.337. The van der Waals surface area contributed by atoms with Crippen LogP contribution in [0.5, 0.6) is 0 Å². The number of benzene rings is 1. The highest BCUT2D eigenvalue weighted by atomic mass is 35.5. The summed E-state index contributed by atoms with van der Waals surface area (Å²) in [6.45, 7) is 0.695. The highest BCUT2D eigenvalue weighted by Crippen LogP contribution is 2.36. The fourth-order valence-electron chi connectivity index (χ4n) is 3.75. The van der Waals surface area contributed by atoms with Gasteiger partial charge in [0.1, 0.15) is 11.9 Å². The second-order valence-corrected chi connectivity index (χ2v) is 7.17. The van der Waals surface area contributed by atoms with E-state index in [1.807, 2.05) is 0 Å². The number of amides is 1. The molecule has 144 valence electrons. The van der Waals surface area contributed by atoms with Gasteiger partial charge in [-0.2, -0.15) is 13.2 Å². The van der Waals surface area contributed by atoms with Crippen molar-refractivity contribution in [2.24, 2.45) is 5.92 Å². The van der Waals surface area contributed by atoms with Crippen LogP contribution in [-0.4, -0.2) is 48.7 Å². The number of rotatable bonds is 3. The maximum absolute atomic E-state index is 13.5. The summed E-state index contributed by atoms with van der Waals surface area (Å²) in [6, 6.07) is 2.22. The van der Waals surface area contributed by atoms with E-state index in [1.165, 1.54) is 17.0 Å². The van der Waals surface area contributed by atoms with E-state index in [-0.39, 0.29) is 30.4 Å². The van der Waals surface area contributed by atoms with Crippen molar-refractivity contribution >= 4 is 23.2 Å². The molecule has 26 heavy (non-hydrogen) atoms. The standard InChI is InChI=1S/C17H20ClF4N3O/c18-10-6-11(19)8-12(7-10)24-14-2-1-5-25(16(14)26)15-9-23-4-3-13(15)17(20,21)22/h6-8,13-15,23-24H,1-5,9H2. The minimum Gasteiger partial charge on any atom is -0.374 e. The molecule has 0 saturated carbocycles. The van der Waals surface area contributed by atoms with Crippen LogP contribution in [0, 0.1) is 11.7 Å². The molecule has 1 amide bonds. The summed E-state index contributed by atoms with van der Waals surface area (Å²) in [5.74, 6) is -2.47. The Kier molecular flexibility index (Phi) is 5.62. The zero-order valence-corrected chi connectivity index (χ0v) is 14.7. The third kappa shape index (κ3) is 4.23. The van der Waals surface area contributed by atoms with Gasteiger partial charge in [0.25, 0.3) is 0 Å². The molecule has 0 aromatic heterocycles. The van der Waals surface area contributed by atoms with Gasteiger partial charge in [-0.15, -0.1) is 0 Å². The first-order chi connectivity index (χ1) is 12.3. The number of carbonyl (C=O) groups excluding carboxylic acids is 1. The van der Waals surface area contributed by atoms with Crippen molar-refractivity contribution in [3.05, 3.63) is 29.0 Å². The second-order valence-electron chi connectivity index (χ2n) is 6.74. The highest BCUT2D eigenvalue weighted by molar-refractivity contribution is 6.30. The summed E-state index contributed by atoms with van der Waals surface area (Å²) in [7, 11) is 0. The first kappa shape index (κ1) is 19.2. The molecule has 0 spiro atoms. The van der Waals surface area contributed by atoms with Gasteiger partial charge >= 0.3 is 6.18 Å². The molecule has 9 heteroatoms. The predicted molar refractivity (Wildman–Crippen MR) is 90.6 cm³/mol. The number of hydrogen-bond donors (Lipinski definition) is 2. The Morgan fingerprint density at radius 2 is 2.00 bits per heavy atom. The third-order valence-corrected chi connectivity index (χ3v) is 5.17. The van der Waals surface area contributed by atoms with E-state index in [0.29, 0.717) is 25.1 Å². The number of alkyl halides is 3. The maximum atomic E-state index is 13.5. The molecule has 3 atom stereocenters. The lowest BCUT2D eigenvalue weighted by atomic mass is 9.88. The van der Waals surface area contributed by atoms with Gasteiger partial charge in [0.05, 0.1) is 12.0 Å². The number of hydrogen-bond acceptors (Lipinski definition) is 3. The lowest BCUT2D eigenvalue weighted by molar-refractivity contribution is -0.199. The van der Waals surface area contributed by atoms with Gasteiger partial charge in [0.15, 0.2) is 0 Å². The molecule has 1 aromatic rings. The molecule has 3 unspecified atom stereocenters. The van der Waals surface area contributed by atoms with E-state index in [2.05, 4.69) is 10.6 Å². The predicted octanol–water partition coefficient (Wildman–Crippen LogP) is 3.42. The Hall–Kier alpha value is -1.54. The van der Waals surface area contributed by atoms with Gasteiger partial charge < -0.3 is 15.5 Å². The van der Waals surface area contributed by atoms with E-state index in [1.54, 1.807) is 0 Å². The fraction of sp³-hybridized carbons (Fsp3) is 0.588. The molecular weight excluding hydrogens is 374 g/mol. The van der Waals surface area contributed by atoms with Crippen LogP contribution in [0.3, 0.4) is 0 Å². The van der Waals surface area contributed by atoms with Crippen LogP contribution in [-0.2, 0) is 4.79 Å². The summed E-state index contributed by atoms with van der Waals surface area (Å²) in [4.78, 5) is 14.1. The Bertz CT molecular complexity index is 650. The molecule has 3 rings (SSSR count). The molecule has 2 aliphatic heterocycles. The van der Waals surface area contributed by atoms with Gasteiger partial charge in [0.2, 0.25) is 5.91 Å². The first-order valence-corrected chi connectivity index (χ1v) is 8.94. The first-order valence-electron chi connectivity index (χ1n) is 8.56. The zero-order chi connectivity index (χ0) is 18.9. The molecule has 0 aliphatic carbocycles. The quantitative estimate of drug-likeness (QED) is 0.773. The van der Waals surface area contributed by atoms with Crippen molar-refractivity contribution in [2.75, 3.05) is 25.0 Å². The Labute approximate surface area is 153 Å². The van der Waals surface area contributed by atoms with Gasteiger partial charge in [-0.1, -0.05) is 11.6 Å². The SMILES string of the molecule is O=C1C(Nc2cc(F)cc(Cl)c2)CCCN1C1CNCCC1C(F)(F)F. The number of carbonyl (C=O) groups is 1. The fourth-order valence-corrected chi connectivity index (χ4v) is 3.97. The van der Waals surface area contributed by atoms with E-state index in [0.717, 1.165) is 6.07 Å². The number of nitrogens with zero attached hydrogens (tertiary/aromatic N) is 1. The van der Waals surface area contributed by atoms with Crippen LogP contribution in [0.1, 0.15) is 19.3 Å². The van der Waals surface area contributed by atoms with Crippen LogP contribution in [0.15, 0.2) is 18.2 Å². The molecule has 4 nitrogen and oxygen atoms in total. The van der Waals surface area contributed by atoms with Crippen molar-refractivity contribution in [1.29, 1.82) is 0 Å². The number of piperidine rings is 2. The normalized spacial score (nSPS) is 27.5. The minimum atomic E-state index is -4.34. The molecule has 2 N–H and O–H groups in total. The van der Waals surface area contributed by atoms with Crippen LogP contribution in [0.2, 0.25) is 5.02 Å². The Morgan fingerprint density at radius 1 is 1.23 bits per heavy atom. The maximum Gasteiger partial charge on any atom is 0.393 e. The highest BCUT2D eigenvalue weighted by Gasteiger charge is 2.49. The summed E-state index contributed by atoms with van der Waals surface area (Å²) >= 11 is 5.82. The molecule has 1 aromatic carbocycles. The number of halogens is 5. The number of anilines is 1. The Morgan fingerprint density at radius 3 is 2.69 bits per heavy atom. The number of likely N-dealkylation sites (tertiary alicyclic amines) is 1. The summed E-state index contributed by atoms with van der Waals surface area (Å²) < 4.78 is 53.6. The van der Waals surface area contributed by atoms with Crippen molar-refractivity contribution in [1.82, 2.24) is 10.2 Å². The van der Waals surface area contributed by atoms with Gasteiger partial charge in [-0.05, 0) is 44.0 Å². The molecule has 0 radical (unpaired) electrons. The van der Waals surface area contributed by atoms with Crippen LogP contribution in [0.25, 0.3) is 0 Å². The average molecular weight is 394 g/mol. The molecule has 2 aliphatic rings. The van der Waals surface area contributed by atoms with Crippen LogP contribution < -0.4 is 10.6 Å². The summed E-state index contributed by atoms with van der Waals surface area (Å²) in [6.07, 6.45) is -3.34. The summed E-state index contributed by atoms with van der Waals surface area (Å²) in [5, 5.41) is 6.05. The van der Waals surface area contributed by atoms with Crippen molar-refractivity contribution < 1.29 is 22.4 Å². The molecule has 2 saturated heterocycles. The van der Waals surface area contributed by atoms with Crippen LogP contribution in [0.4, 0.5) is 23.2 Å². The van der Waals surface area contributed by atoms with E-state index in [4.69, 9.17) is 11.6 Å².